The van der Waals surface area contributed by atoms with Crippen molar-refractivity contribution in [3.63, 3.8) is 0 Å². The molecular weight excluding hydrogens is 1240 g/mol. The van der Waals surface area contributed by atoms with Crippen LogP contribution in [0.1, 0.15) is 113 Å². The molecule has 5 saturated heterocycles. The summed E-state index contributed by atoms with van der Waals surface area (Å²) in [6.45, 7) is 0. The van der Waals surface area contributed by atoms with Crippen molar-refractivity contribution >= 4 is 51.9 Å². The van der Waals surface area contributed by atoms with Gasteiger partial charge in [0.05, 0.1) is 49.3 Å². The predicted octanol–water partition coefficient (Wildman–Crippen LogP) is -1.51. The van der Waals surface area contributed by atoms with E-state index < -0.39 is 5.97 Å². The van der Waals surface area contributed by atoms with Crippen LogP contribution >= 0.6 is 31.9 Å². The zero-order valence-electron chi connectivity index (χ0n) is 41.1. The van der Waals surface area contributed by atoms with Gasteiger partial charge < -0.3 is 5.48 Å². The fourth-order valence-corrected chi connectivity index (χ4v) is 18.8. The van der Waals surface area contributed by atoms with Gasteiger partial charge in [-0.3, -0.25) is 42.5 Å². The average Bonchev–Trinajstić information content (AvgIpc) is 4.09. The molecule has 0 radical (unpaired) electrons. The molecule has 5 aliphatic carbocycles. The molecule has 8 bridgehead atoms. The summed E-state index contributed by atoms with van der Waals surface area (Å²) in [7, 11) is 0. The van der Waals surface area contributed by atoms with Gasteiger partial charge >= 0.3 is 252 Å². The number of hydrogen-bond donors (Lipinski definition) is 8. The van der Waals surface area contributed by atoms with E-state index in [9.17, 15) is 19.8 Å². The van der Waals surface area contributed by atoms with E-state index in [-0.39, 0.29) is 113 Å². The molecule has 4 saturated carbocycles. The summed E-state index contributed by atoms with van der Waals surface area (Å²) in [6, 6.07) is 11.1. The Hall–Kier alpha value is -0.0649. The van der Waals surface area contributed by atoms with E-state index >= 15 is 0 Å². The molecule has 2 aromatic rings. The fourth-order valence-electron chi connectivity index (χ4n) is 15.2. The van der Waals surface area contributed by atoms with Gasteiger partial charge in [-0.05, 0) is 98.7 Å². The normalized spacial score (nSPS) is 36.9. The van der Waals surface area contributed by atoms with Gasteiger partial charge in [0.25, 0.3) is 0 Å². The number of rotatable bonds is 2. The molecule has 14 nitrogen and oxygen atoms in total. The minimum Gasteiger partial charge on any atom is 1.00 e. The third-order valence-corrected chi connectivity index (χ3v) is 22.0. The molecule has 2 aromatic carbocycles. The first kappa shape index (κ1) is 55.7. The van der Waals surface area contributed by atoms with Gasteiger partial charge in [0.2, 0.25) is 0 Å². The van der Waals surface area contributed by atoms with E-state index in [0.29, 0.717) is 89.0 Å². The summed E-state index contributed by atoms with van der Waals surface area (Å²) in [5.41, 5.74) is 1.69. The number of aromatic carboxylic acids is 1. The number of carbonyl (C=O) groups excluding carboxylic acids is 1. The molecule has 9 fully saturated rings. The number of fused-ring (bicyclic) bond motifs is 22. The summed E-state index contributed by atoms with van der Waals surface area (Å²) < 4.78 is 7.22. The molecule has 8 unspecified atom stereocenters. The van der Waals surface area contributed by atoms with Gasteiger partial charge in [-0.1, -0.05) is 51.4 Å². The van der Waals surface area contributed by atoms with Crippen molar-refractivity contribution in [1.29, 1.82) is 0 Å². The SMILES string of the molecule is C1CCC2C3NC(NC4NC(NC5NC(NC6NC(N3)C3CCCCC63)C3CCCCC53)C3CCCCC43)C2C1.O.O=C([O-])c1ccccc1-c1c2cc(Br)c(=O)cc-2oc2[c]([Hg])c([O-])c(Br)cc12.[Na+].[Na+]. The maximum atomic E-state index is 12.4. The van der Waals surface area contributed by atoms with Gasteiger partial charge in [-0.25, -0.2) is 0 Å². The van der Waals surface area contributed by atoms with Crippen LogP contribution in [0.5, 0.6) is 5.75 Å². The van der Waals surface area contributed by atoms with E-state index in [1.807, 2.05) is 0 Å². The minimum atomic E-state index is -1.31. The Morgan fingerprint density at radius 1 is 0.549 bits per heavy atom. The van der Waals surface area contributed by atoms with Crippen molar-refractivity contribution in [3.8, 4) is 28.2 Å². The average molecular weight is 1300 g/mol. The van der Waals surface area contributed by atoms with Crippen LogP contribution < -0.4 is 120 Å². The van der Waals surface area contributed by atoms with E-state index in [2.05, 4.69) is 74.4 Å². The van der Waals surface area contributed by atoms with Crippen molar-refractivity contribution in [2.24, 2.45) is 47.3 Å². The molecular formula is C52H65Br2HgN8Na2O6. The standard InChI is InChI=1S/C32H56N8.C20H9Br2O5.Hg.2Na.H2O/c1-2-10-18-17(9-1)25-33-26(18)38-28-21-13-5-6-14-22(21)30(35-28)40-32-24-16-8-7-15-23(24)31(36-32)39-29-20-12-4-3-11-19(20)27(34-29)37-25;21-13-5-11-17(7-15(13)23)27-18-8-16(24)14(22)6-12(18)19(11)9-3-1-2-4-10(9)20(25)26;;;;/h17-40H,1-16H2;1-7,24H,(H,25,26);;;;1H2/q;;;2*+1;/p-2. The van der Waals surface area contributed by atoms with Gasteiger partial charge in [-0.2, -0.15) is 0 Å². The Bertz CT molecular complexity index is 2400. The van der Waals surface area contributed by atoms with Crippen molar-refractivity contribution in [3.05, 3.63) is 67.2 Å². The van der Waals surface area contributed by atoms with Gasteiger partial charge in [0.1, 0.15) is 0 Å². The Labute approximate surface area is 493 Å². The van der Waals surface area contributed by atoms with E-state index in [4.69, 9.17) is 4.42 Å². The summed E-state index contributed by atoms with van der Waals surface area (Å²) in [5, 5.41) is 58.6. The quantitative estimate of drug-likeness (QED) is 0.0847. The van der Waals surface area contributed by atoms with Crippen LogP contribution in [-0.2, 0) is 26.1 Å². The Kier molecular flexibility index (Phi) is 18.4. The van der Waals surface area contributed by atoms with Gasteiger partial charge in [0, 0.05) is 0 Å². The molecule has 8 atom stereocenters. The third-order valence-electron chi connectivity index (χ3n) is 18.3. The van der Waals surface area contributed by atoms with Crippen LogP contribution in [0.3, 0.4) is 0 Å². The molecule has 6 heterocycles. The van der Waals surface area contributed by atoms with Crippen molar-refractivity contribution in [2.45, 2.75) is 152 Å². The maximum absolute atomic E-state index is 12.4. The molecule has 0 aromatic heterocycles. The number of carbonyl (C=O) groups is 1. The van der Waals surface area contributed by atoms with Crippen molar-refractivity contribution < 1.29 is 110 Å². The molecule has 0 amide bonds. The number of carboxylic acids is 1. The second kappa shape index (κ2) is 23.5. The monoisotopic (exact) mass is 1300 g/mol. The molecule has 367 valence electrons. The van der Waals surface area contributed by atoms with Crippen LogP contribution in [0.25, 0.3) is 33.4 Å². The third kappa shape index (κ3) is 10.5. The van der Waals surface area contributed by atoms with Crippen molar-refractivity contribution in [1.82, 2.24) is 42.5 Å². The van der Waals surface area contributed by atoms with Gasteiger partial charge in [-0.15, -0.1) is 0 Å². The van der Waals surface area contributed by atoms with Crippen LogP contribution in [-0.4, -0.2) is 60.8 Å². The Morgan fingerprint density at radius 3 is 1.25 bits per heavy atom. The van der Waals surface area contributed by atoms with Crippen molar-refractivity contribution in [2.75, 3.05) is 0 Å². The molecule has 0 spiro atoms. The number of nitrogens with one attached hydrogen (secondary N) is 8. The number of carboxylic acid groups (broad SMARTS) is 1. The van der Waals surface area contributed by atoms with Crippen LogP contribution in [0, 0.1) is 47.3 Å². The molecule has 11 aliphatic rings. The van der Waals surface area contributed by atoms with Gasteiger partial charge in [0.15, 0.2) is 0 Å². The number of hydrogen-bond acceptors (Lipinski definition) is 13. The summed E-state index contributed by atoms with van der Waals surface area (Å²) in [4.78, 5) is 23.9. The van der Waals surface area contributed by atoms with E-state index in [1.165, 1.54) is 115 Å². The first-order valence-electron chi connectivity index (χ1n) is 25.9. The fraction of sp³-hybridized carbons (Fsp3) is 0.615. The zero-order valence-corrected chi connectivity index (χ0v) is 53.8. The summed E-state index contributed by atoms with van der Waals surface area (Å²) >= 11 is 6.47. The van der Waals surface area contributed by atoms with E-state index in [1.54, 1.807) is 30.3 Å². The summed E-state index contributed by atoms with van der Waals surface area (Å²) in [6.07, 6.45) is 25.6. The largest absolute Gasteiger partial charge is 1.00 e. The molecule has 10 N–H and O–H groups in total. The molecule has 13 rings (SSSR count). The van der Waals surface area contributed by atoms with Crippen LogP contribution in [0.2, 0.25) is 0 Å². The number of halogens is 2. The minimum absolute atomic E-state index is 0. The Morgan fingerprint density at radius 2 is 0.901 bits per heavy atom. The van der Waals surface area contributed by atoms with Crippen LogP contribution in [0.4, 0.5) is 0 Å². The smallest absolute Gasteiger partial charge is 1.00 e. The predicted molar refractivity (Wildman–Crippen MR) is 264 cm³/mol. The topological polar surface area (TPSA) is 221 Å². The van der Waals surface area contributed by atoms with E-state index in [0.717, 1.165) is 47.3 Å². The number of benzene rings is 3. The molecule has 71 heavy (non-hydrogen) atoms. The maximum Gasteiger partial charge on any atom is 1.00 e. The van der Waals surface area contributed by atoms with Crippen LogP contribution in [0.15, 0.2) is 60.6 Å². The first-order chi connectivity index (χ1) is 33.1. The summed E-state index contributed by atoms with van der Waals surface area (Å²) in [5.74, 6) is 4.79. The second-order valence-electron chi connectivity index (χ2n) is 21.7. The Balaban J connectivity index is 0.000000179. The molecule has 19 heteroatoms. The zero-order chi connectivity index (χ0) is 46.4. The second-order valence-corrected chi connectivity index (χ2v) is 26.2. The molecule has 6 aliphatic heterocycles. The first-order valence-corrected chi connectivity index (χ1v) is 30.2.